The molecule has 0 bridgehead atoms. The van der Waals surface area contributed by atoms with Crippen molar-refractivity contribution in [3.8, 4) is 11.5 Å². The first-order valence-corrected chi connectivity index (χ1v) is 10.9. The van der Waals surface area contributed by atoms with E-state index in [0.29, 0.717) is 55.9 Å². The van der Waals surface area contributed by atoms with Gasteiger partial charge in [0.1, 0.15) is 0 Å². The molecule has 1 aromatic rings. The van der Waals surface area contributed by atoms with E-state index in [0.717, 1.165) is 37.9 Å². The molecule has 2 fully saturated rings. The Morgan fingerprint density at radius 2 is 1.48 bits per heavy atom. The maximum atomic E-state index is 12.8. The van der Waals surface area contributed by atoms with Crippen LogP contribution in [0.1, 0.15) is 31.2 Å². The first kappa shape index (κ1) is 20.1. The number of piperidine rings is 1. The van der Waals surface area contributed by atoms with Crippen molar-refractivity contribution < 1.29 is 19.1 Å². The maximum Gasteiger partial charge on any atom is 0.320 e. The van der Waals surface area contributed by atoms with Crippen LogP contribution in [-0.4, -0.2) is 79.1 Å². The fourth-order valence-corrected chi connectivity index (χ4v) is 4.39. The minimum absolute atomic E-state index is 0.0422. The van der Waals surface area contributed by atoms with Gasteiger partial charge >= 0.3 is 6.03 Å². The van der Waals surface area contributed by atoms with Crippen LogP contribution in [0.15, 0.2) is 12.1 Å². The third-order valence-electron chi connectivity index (χ3n) is 5.75. The summed E-state index contributed by atoms with van der Waals surface area (Å²) in [5, 5.41) is 0.476. The van der Waals surface area contributed by atoms with Gasteiger partial charge in [0.25, 0.3) is 0 Å². The zero-order valence-electron chi connectivity index (χ0n) is 16.7. The minimum atomic E-state index is 0.0422. The number of urea groups is 1. The third kappa shape index (κ3) is 4.71. The number of nitrogens with zero attached hydrogens (tertiary/aromatic N) is 3. The number of fused-ring (bicyclic) bond motifs is 1. The van der Waals surface area contributed by atoms with E-state index in [2.05, 4.69) is 0 Å². The zero-order chi connectivity index (χ0) is 20.2. The summed E-state index contributed by atoms with van der Waals surface area (Å²) in [6, 6.07) is 3.75. The average molecular weight is 422 g/mol. The topological polar surface area (TPSA) is 62.3 Å². The fourth-order valence-electron chi connectivity index (χ4n) is 4.10. The van der Waals surface area contributed by atoms with Crippen LogP contribution in [0.2, 0.25) is 5.02 Å². The lowest BCUT2D eigenvalue weighted by Gasteiger charge is -2.38. The van der Waals surface area contributed by atoms with Gasteiger partial charge in [-0.2, -0.15) is 0 Å². The molecule has 0 unspecified atom stereocenters. The second-order valence-electron chi connectivity index (χ2n) is 7.83. The number of carbonyl (C=O) groups excluding carboxylic acids is 2. The molecule has 3 amide bonds. The molecule has 29 heavy (non-hydrogen) atoms. The van der Waals surface area contributed by atoms with E-state index >= 15 is 0 Å². The van der Waals surface area contributed by atoms with Gasteiger partial charge in [-0.15, -0.1) is 0 Å². The number of ether oxygens (including phenoxy) is 2. The highest BCUT2D eigenvalue weighted by molar-refractivity contribution is 6.32. The lowest BCUT2D eigenvalue weighted by Crippen LogP contribution is -2.54. The molecule has 4 rings (SSSR count). The van der Waals surface area contributed by atoms with Crippen molar-refractivity contribution in [1.82, 2.24) is 14.7 Å². The van der Waals surface area contributed by atoms with Gasteiger partial charge in [0.05, 0.1) is 24.7 Å². The molecule has 0 N–H and O–H groups in total. The van der Waals surface area contributed by atoms with Crippen LogP contribution < -0.4 is 9.47 Å². The summed E-state index contributed by atoms with van der Waals surface area (Å²) < 4.78 is 11.4. The van der Waals surface area contributed by atoms with Gasteiger partial charge in [-0.25, -0.2) is 4.79 Å². The van der Waals surface area contributed by atoms with Gasteiger partial charge in [-0.3, -0.25) is 4.79 Å². The predicted molar refractivity (Wildman–Crippen MR) is 110 cm³/mol. The number of rotatable bonds is 2. The van der Waals surface area contributed by atoms with E-state index in [1.54, 1.807) is 6.07 Å². The van der Waals surface area contributed by atoms with Gasteiger partial charge in [0, 0.05) is 45.7 Å². The highest BCUT2D eigenvalue weighted by Gasteiger charge is 2.28. The van der Waals surface area contributed by atoms with Crippen LogP contribution in [0.3, 0.4) is 0 Å². The molecule has 2 saturated heterocycles. The van der Waals surface area contributed by atoms with Gasteiger partial charge in [-0.1, -0.05) is 11.6 Å². The number of hydrogen-bond donors (Lipinski definition) is 0. The molecule has 0 atom stereocenters. The molecule has 3 aliphatic rings. The van der Waals surface area contributed by atoms with E-state index in [-0.39, 0.29) is 18.4 Å². The molecule has 8 heteroatoms. The zero-order valence-corrected chi connectivity index (χ0v) is 17.5. The van der Waals surface area contributed by atoms with Crippen molar-refractivity contribution in [1.29, 1.82) is 0 Å². The average Bonchev–Trinajstić information content (AvgIpc) is 3.00. The van der Waals surface area contributed by atoms with Crippen LogP contribution in [0, 0.1) is 0 Å². The van der Waals surface area contributed by atoms with Gasteiger partial charge in [-0.05, 0) is 37.0 Å². The first-order valence-electron chi connectivity index (χ1n) is 10.5. The van der Waals surface area contributed by atoms with Crippen molar-refractivity contribution in [3.63, 3.8) is 0 Å². The number of piperazine rings is 1. The van der Waals surface area contributed by atoms with Crippen LogP contribution in [0.25, 0.3) is 0 Å². The normalized spacial score (nSPS) is 19.7. The second kappa shape index (κ2) is 9.11. The molecule has 0 aromatic heterocycles. The predicted octanol–water partition coefficient (Wildman–Crippen LogP) is 2.79. The van der Waals surface area contributed by atoms with E-state index < -0.39 is 0 Å². The molecule has 158 valence electrons. The van der Waals surface area contributed by atoms with Crippen LogP contribution in [0.4, 0.5) is 4.79 Å². The fraction of sp³-hybridized carbons (Fsp3) is 0.619. The van der Waals surface area contributed by atoms with E-state index in [9.17, 15) is 9.59 Å². The molecule has 0 saturated carbocycles. The maximum absolute atomic E-state index is 12.8. The Morgan fingerprint density at radius 3 is 2.24 bits per heavy atom. The van der Waals surface area contributed by atoms with Crippen molar-refractivity contribution in [2.24, 2.45) is 0 Å². The Labute approximate surface area is 176 Å². The van der Waals surface area contributed by atoms with E-state index in [1.165, 1.54) is 6.42 Å². The molecule has 0 spiro atoms. The van der Waals surface area contributed by atoms with Crippen molar-refractivity contribution in [2.75, 3.05) is 52.5 Å². The number of benzene rings is 1. The molecular weight excluding hydrogens is 394 g/mol. The molecule has 3 heterocycles. The smallest absolute Gasteiger partial charge is 0.320 e. The van der Waals surface area contributed by atoms with Gasteiger partial charge in [0.15, 0.2) is 11.5 Å². The van der Waals surface area contributed by atoms with Gasteiger partial charge < -0.3 is 24.2 Å². The summed E-state index contributed by atoms with van der Waals surface area (Å²) in [7, 11) is 0. The van der Waals surface area contributed by atoms with E-state index in [4.69, 9.17) is 21.1 Å². The third-order valence-corrected chi connectivity index (χ3v) is 6.03. The highest BCUT2D eigenvalue weighted by Crippen LogP contribution is 2.38. The number of amides is 3. The van der Waals surface area contributed by atoms with E-state index in [1.807, 2.05) is 20.8 Å². The Hall–Kier alpha value is -2.15. The largest absolute Gasteiger partial charge is 0.489 e. The second-order valence-corrected chi connectivity index (χ2v) is 8.24. The van der Waals surface area contributed by atoms with Crippen molar-refractivity contribution in [3.05, 3.63) is 22.7 Å². The van der Waals surface area contributed by atoms with Crippen LogP contribution >= 0.6 is 11.6 Å². The Balaban J connectivity index is 1.32. The number of likely N-dealkylation sites (tertiary alicyclic amines) is 1. The summed E-state index contributed by atoms with van der Waals surface area (Å²) in [6.07, 6.45) is 4.44. The molecular formula is C21H28ClN3O4. The Kier molecular flexibility index (Phi) is 6.33. The number of halogens is 1. The quantitative estimate of drug-likeness (QED) is 0.736. The van der Waals surface area contributed by atoms with Crippen molar-refractivity contribution >= 4 is 23.5 Å². The Bertz CT molecular complexity index is 759. The summed E-state index contributed by atoms with van der Waals surface area (Å²) in [5.41, 5.74) is 0.816. The van der Waals surface area contributed by atoms with Crippen LogP contribution in [-0.2, 0) is 11.2 Å². The van der Waals surface area contributed by atoms with Crippen LogP contribution in [0.5, 0.6) is 11.5 Å². The molecule has 0 aliphatic carbocycles. The minimum Gasteiger partial charge on any atom is -0.489 e. The lowest BCUT2D eigenvalue weighted by atomic mass is 10.1. The molecule has 3 aliphatic heterocycles. The first-order chi connectivity index (χ1) is 14.1. The number of hydrogen-bond acceptors (Lipinski definition) is 4. The van der Waals surface area contributed by atoms with Crippen molar-refractivity contribution in [2.45, 2.75) is 32.1 Å². The Morgan fingerprint density at radius 1 is 0.828 bits per heavy atom. The van der Waals surface area contributed by atoms with Gasteiger partial charge in [0.2, 0.25) is 5.91 Å². The molecule has 0 radical (unpaired) electrons. The summed E-state index contributed by atoms with van der Waals surface area (Å²) in [5.74, 6) is 1.21. The highest BCUT2D eigenvalue weighted by atomic mass is 35.5. The standard InChI is InChI=1S/C21H28ClN3O4/c22-17-13-16(14-18-20(17)29-12-4-11-28-18)15-19(26)23-7-9-25(10-8-23)21(27)24-5-2-1-3-6-24/h13-14H,1-12,15H2. The summed E-state index contributed by atoms with van der Waals surface area (Å²) in [6.45, 7) is 5.16. The monoisotopic (exact) mass is 421 g/mol. The summed E-state index contributed by atoms with van der Waals surface area (Å²) in [4.78, 5) is 31.1. The molecule has 7 nitrogen and oxygen atoms in total. The summed E-state index contributed by atoms with van der Waals surface area (Å²) >= 11 is 6.34. The molecule has 1 aromatic carbocycles. The SMILES string of the molecule is O=C(Cc1cc(Cl)c2c(c1)OCCCO2)N1CCN(C(=O)N2CCCCC2)CC1. The number of carbonyl (C=O) groups is 2. The lowest BCUT2D eigenvalue weighted by molar-refractivity contribution is -0.131.